The minimum atomic E-state index is -0.803. The number of carbonyl (C=O) groups is 2. The largest absolute Gasteiger partial charge is 0.481 e. The van der Waals surface area contributed by atoms with Crippen molar-refractivity contribution in [1.29, 1.82) is 0 Å². The molecule has 2 aliphatic carbocycles. The Hall–Kier alpha value is -1.26. The summed E-state index contributed by atoms with van der Waals surface area (Å²) < 4.78 is 0. The highest BCUT2D eigenvalue weighted by molar-refractivity contribution is 5.77. The highest BCUT2D eigenvalue weighted by Gasteiger charge is 2.37. The first kappa shape index (κ1) is 12.2. The number of rotatable bonds is 3. The van der Waals surface area contributed by atoms with E-state index in [0.29, 0.717) is 6.42 Å². The van der Waals surface area contributed by atoms with Crippen LogP contribution in [0.5, 0.6) is 0 Å². The van der Waals surface area contributed by atoms with E-state index in [4.69, 9.17) is 5.11 Å². The Morgan fingerprint density at radius 2 is 1.94 bits per heavy atom. The van der Waals surface area contributed by atoms with Crippen molar-refractivity contribution in [2.75, 3.05) is 0 Å². The van der Waals surface area contributed by atoms with E-state index in [1.165, 1.54) is 0 Å². The normalized spacial score (nSPS) is 30.4. The molecule has 2 unspecified atom stereocenters. The van der Waals surface area contributed by atoms with Crippen LogP contribution in [0.1, 0.15) is 45.4 Å². The zero-order valence-electron chi connectivity index (χ0n) is 10.2. The molecule has 17 heavy (non-hydrogen) atoms. The van der Waals surface area contributed by atoms with Crippen molar-refractivity contribution in [2.45, 2.75) is 57.0 Å². The molecule has 2 aliphatic rings. The van der Waals surface area contributed by atoms with Gasteiger partial charge < -0.3 is 15.7 Å². The van der Waals surface area contributed by atoms with Gasteiger partial charge in [0.2, 0.25) is 0 Å². The summed E-state index contributed by atoms with van der Waals surface area (Å²) in [5.41, 5.74) is -0.0819. The Morgan fingerprint density at radius 1 is 1.24 bits per heavy atom. The number of hydrogen-bond donors (Lipinski definition) is 3. The second-order valence-corrected chi connectivity index (χ2v) is 5.49. The molecule has 0 aromatic heterocycles. The summed E-state index contributed by atoms with van der Waals surface area (Å²) in [4.78, 5) is 22.7. The monoisotopic (exact) mass is 240 g/mol. The average Bonchev–Trinajstić information content (AvgIpc) is 2.63. The third-order valence-electron chi connectivity index (χ3n) is 4.02. The van der Waals surface area contributed by atoms with Crippen LogP contribution in [0, 0.1) is 5.92 Å². The van der Waals surface area contributed by atoms with E-state index in [2.05, 4.69) is 10.6 Å². The van der Waals surface area contributed by atoms with E-state index in [9.17, 15) is 9.59 Å². The van der Waals surface area contributed by atoms with Crippen molar-refractivity contribution >= 4 is 12.0 Å². The van der Waals surface area contributed by atoms with Crippen molar-refractivity contribution < 1.29 is 14.7 Å². The van der Waals surface area contributed by atoms with Crippen LogP contribution >= 0.6 is 0 Å². The Kier molecular flexibility index (Phi) is 3.26. The Morgan fingerprint density at radius 3 is 2.47 bits per heavy atom. The molecule has 0 spiro atoms. The lowest BCUT2D eigenvalue weighted by Crippen LogP contribution is -2.56. The zero-order valence-corrected chi connectivity index (χ0v) is 10.2. The molecule has 2 atom stereocenters. The quantitative estimate of drug-likeness (QED) is 0.699. The summed E-state index contributed by atoms with van der Waals surface area (Å²) in [6.07, 6.45) is 5.47. The van der Waals surface area contributed by atoms with Crippen molar-refractivity contribution in [3.63, 3.8) is 0 Å². The Bertz CT molecular complexity index is 326. The van der Waals surface area contributed by atoms with Gasteiger partial charge >= 0.3 is 12.0 Å². The fraction of sp³-hybridized carbons (Fsp3) is 0.833. The van der Waals surface area contributed by atoms with Crippen LogP contribution in [-0.2, 0) is 4.79 Å². The minimum Gasteiger partial charge on any atom is -0.481 e. The van der Waals surface area contributed by atoms with Gasteiger partial charge in [-0.15, -0.1) is 0 Å². The van der Waals surface area contributed by atoms with Crippen molar-refractivity contribution in [2.24, 2.45) is 5.92 Å². The number of urea groups is 1. The molecule has 2 amide bonds. The molecule has 0 aromatic carbocycles. The fourth-order valence-electron chi connectivity index (χ4n) is 2.74. The van der Waals surface area contributed by atoms with E-state index in [-0.39, 0.29) is 17.6 Å². The van der Waals surface area contributed by atoms with E-state index in [1.807, 2.05) is 6.92 Å². The second-order valence-electron chi connectivity index (χ2n) is 5.49. The van der Waals surface area contributed by atoms with Gasteiger partial charge in [0.15, 0.2) is 0 Å². The molecule has 2 fully saturated rings. The first-order chi connectivity index (χ1) is 8.00. The molecule has 0 aromatic rings. The molecule has 5 heteroatoms. The molecule has 0 heterocycles. The maximum atomic E-state index is 11.8. The van der Waals surface area contributed by atoms with Gasteiger partial charge in [-0.25, -0.2) is 4.79 Å². The predicted molar refractivity (Wildman–Crippen MR) is 62.7 cm³/mol. The van der Waals surface area contributed by atoms with E-state index >= 15 is 0 Å². The molecule has 0 radical (unpaired) electrons. The van der Waals surface area contributed by atoms with E-state index in [1.54, 1.807) is 0 Å². The summed E-state index contributed by atoms with van der Waals surface area (Å²) >= 11 is 0. The van der Waals surface area contributed by atoms with Crippen LogP contribution in [-0.4, -0.2) is 28.7 Å². The molecule has 96 valence electrons. The first-order valence-corrected chi connectivity index (χ1v) is 6.32. The summed E-state index contributed by atoms with van der Waals surface area (Å²) in [6, 6.07) is -0.429. The van der Waals surface area contributed by atoms with Crippen LogP contribution in [0.4, 0.5) is 4.79 Å². The van der Waals surface area contributed by atoms with Crippen LogP contribution in [0.2, 0.25) is 0 Å². The van der Waals surface area contributed by atoms with Gasteiger partial charge in [0, 0.05) is 11.6 Å². The molecule has 3 N–H and O–H groups in total. The minimum absolute atomic E-state index is 0.0819. The van der Waals surface area contributed by atoms with Crippen LogP contribution in [0.3, 0.4) is 0 Å². The first-order valence-electron chi connectivity index (χ1n) is 6.32. The number of amides is 2. The number of carboxylic acid groups (broad SMARTS) is 1. The fourth-order valence-corrected chi connectivity index (χ4v) is 2.74. The van der Waals surface area contributed by atoms with Crippen LogP contribution in [0.15, 0.2) is 0 Å². The smallest absolute Gasteiger partial charge is 0.315 e. The Labute approximate surface area is 101 Å². The van der Waals surface area contributed by atoms with E-state index < -0.39 is 11.9 Å². The van der Waals surface area contributed by atoms with Crippen LogP contribution < -0.4 is 10.6 Å². The summed E-state index contributed by atoms with van der Waals surface area (Å²) in [5, 5.41) is 14.8. The lowest BCUT2D eigenvalue weighted by molar-refractivity contribution is -0.142. The molecular weight excluding hydrogens is 220 g/mol. The lowest BCUT2D eigenvalue weighted by Gasteiger charge is -2.39. The second kappa shape index (κ2) is 4.55. The van der Waals surface area contributed by atoms with Gasteiger partial charge in [-0.3, -0.25) is 4.79 Å². The molecule has 0 aliphatic heterocycles. The number of carboxylic acids is 1. The SMILES string of the molecule is CC1(NC(=O)NC2CCCC2C(=O)O)CCC1. The maximum absolute atomic E-state index is 11.8. The molecular formula is C12H20N2O3. The van der Waals surface area contributed by atoms with Gasteiger partial charge in [0.25, 0.3) is 0 Å². The topological polar surface area (TPSA) is 78.4 Å². The van der Waals surface area contributed by atoms with Gasteiger partial charge in [-0.05, 0) is 39.0 Å². The lowest BCUT2D eigenvalue weighted by atomic mass is 9.79. The van der Waals surface area contributed by atoms with E-state index in [0.717, 1.165) is 32.1 Å². The van der Waals surface area contributed by atoms with Crippen molar-refractivity contribution in [3.8, 4) is 0 Å². The highest BCUT2D eigenvalue weighted by atomic mass is 16.4. The van der Waals surface area contributed by atoms with Crippen molar-refractivity contribution in [3.05, 3.63) is 0 Å². The van der Waals surface area contributed by atoms with Crippen molar-refractivity contribution in [1.82, 2.24) is 10.6 Å². The van der Waals surface area contributed by atoms with Gasteiger partial charge in [0.1, 0.15) is 0 Å². The standard InChI is InChI=1S/C12H20N2O3/c1-12(6-3-7-12)14-11(17)13-9-5-2-4-8(9)10(15)16/h8-9H,2-7H2,1H3,(H,15,16)(H2,13,14,17). The van der Waals surface area contributed by atoms with Crippen LogP contribution in [0.25, 0.3) is 0 Å². The summed E-state index contributed by atoms with van der Waals surface area (Å²) in [6.45, 7) is 2.03. The molecule has 0 bridgehead atoms. The number of carbonyl (C=O) groups excluding carboxylic acids is 1. The molecule has 2 saturated carbocycles. The van der Waals surface area contributed by atoms with Gasteiger partial charge in [-0.1, -0.05) is 6.42 Å². The molecule has 0 saturated heterocycles. The summed E-state index contributed by atoms with van der Waals surface area (Å²) in [7, 11) is 0. The Balaban J connectivity index is 1.83. The zero-order chi connectivity index (χ0) is 12.5. The average molecular weight is 240 g/mol. The number of hydrogen-bond acceptors (Lipinski definition) is 2. The molecule has 5 nitrogen and oxygen atoms in total. The third kappa shape index (κ3) is 2.70. The van der Waals surface area contributed by atoms with Gasteiger partial charge in [0.05, 0.1) is 5.92 Å². The van der Waals surface area contributed by atoms with Gasteiger partial charge in [-0.2, -0.15) is 0 Å². The third-order valence-corrected chi connectivity index (χ3v) is 4.02. The number of nitrogens with one attached hydrogen (secondary N) is 2. The maximum Gasteiger partial charge on any atom is 0.315 e. The summed E-state index contributed by atoms with van der Waals surface area (Å²) in [5.74, 6) is -1.22. The number of aliphatic carboxylic acids is 1. The highest BCUT2D eigenvalue weighted by Crippen LogP contribution is 2.31. The predicted octanol–water partition coefficient (Wildman–Crippen LogP) is 1.48. The molecule has 2 rings (SSSR count).